The highest BCUT2D eigenvalue weighted by atomic mass is 32.1. The number of hydrogen-bond donors (Lipinski definition) is 1. The zero-order valence-electron chi connectivity index (χ0n) is 9.64. The Hall–Kier alpha value is -1.68. The standard InChI is InChI=1S/C13H14N2OS/c1-9-2-4-10(5-3-9)11-8-17-13(15-11)7-6-12(14)16/h2-5,8H,6-7H2,1H3,(H2,14,16). The number of aromatic nitrogens is 1. The number of nitrogens with zero attached hydrogens (tertiary/aromatic N) is 1. The molecule has 17 heavy (non-hydrogen) atoms. The van der Waals surface area contributed by atoms with Crippen molar-refractivity contribution < 1.29 is 4.79 Å². The third-order valence-electron chi connectivity index (χ3n) is 2.48. The van der Waals surface area contributed by atoms with Gasteiger partial charge < -0.3 is 5.73 Å². The molecule has 0 atom stereocenters. The monoisotopic (exact) mass is 246 g/mol. The van der Waals surface area contributed by atoms with Gasteiger partial charge in [-0.25, -0.2) is 4.98 Å². The first-order chi connectivity index (χ1) is 8.15. The fourth-order valence-electron chi connectivity index (χ4n) is 1.51. The molecule has 88 valence electrons. The van der Waals surface area contributed by atoms with Crippen LogP contribution in [0.2, 0.25) is 0 Å². The first-order valence-corrected chi connectivity index (χ1v) is 6.33. The number of amides is 1. The zero-order chi connectivity index (χ0) is 12.3. The number of carbonyl (C=O) groups is 1. The summed E-state index contributed by atoms with van der Waals surface area (Å²) >= 11 is 1.57. The smallest absolute Gasteiger partial charge is 0.217 e. The molecule has 0 unspecified atom stereocenters. The summed E-state index contributed by atoms with van der Waals surface area (Å²) in [6.07, 6.45) is 0.993. The van der Waals surface area contributed by atoms with E-state index in [0.717, 1.165) is 16.3 Å². The van der Waals surface area contributed by atoms with E-state index < -0.39 is 0 Å². The minimum atomic E-state index is -0.280. The molecular formula is C13H14N2OS. The van der Waals surface area contributed by atoms with Crippen molar-refractivity contribution in [3.63, 3.8) is 0 Å². The fourth-order valence-corrected chi connectivity index (χ4v) is 2.32. The van der Waals surface area contributed by atoms with Gasteiger partial charge in [-0.15, -0.1) is 11.3 Å². The molecule has 0 aliphatic carbocycles. The van der Waals surface area contributed by atoms with Crippen LogP contribution >= 0.6 is 11.3 Å². The molecule has 1 amide bonds. The van der Waals surface area contributed by atoms with Gasteiger partial charge in [0.2, 0.25) is 5.91 Å². The number of benzene rings is 1. The second-order valence-electron chi connectivity index (χ2n) is 3.96. The highest BCUT2D eigenvalue weighted by molar-refractivity contribution is 7.09. The van der Waals surface area contributed by atoms with Gasteiger partial charge in [0, 0.05) is 23.8 Å². The van der Waals surface area contributed by atoms with Gasteiger partial charge in [0.05, 0.1) is 10.7 Å². The van der Waals surface area contributed by atoms with Gasteiger partial charge in [0.15, 0.2) is 0 Å². The van der Waals surface area contributed by atoms with E-state index in [1.807, 2.05) is 5.38 Å². The summed E-state index contributed by atoms with van der Waals surface area (Å²) in [5, 5.41) is 2.97. The lowest BCUT2D eigenvalue weighted by molar-refractivity contribution is -0.117. The summed E-state index contributed by atoms with van der Waals surface area (Å²) in [5.74, 6) is -0.280. The molecule has 0 aliphatic rings. The topological polar surface area (TPSA) is 56.0 Å². The van der Waals surface area contributed by atoms with E-state index >= 15 is 0 Å². The summed E-state index contributed by atoms with van der Waals surface area (Å²) in [6, 6.07) is 8.25. The second-order valence-corrected chi connectivity index (χ2v) is 4.90. The highest BCUT2D eigenvalue weighted by Gasteiger charge is 2.05. The van der Waals surface area contributed by atoms with Crippen LogP contribution in [0.5, 0.6) is 0 Å². The molecule has 2 rings (SSSR count). The number of rotatable bonds is 4. The van der Waals surface area contributed by atoms with Gasteiger partial charge >= 0.3 is 0 Å². The molecule has 0 bridgehead atoms. The van der Waals surface area contributed by atoms with Gasteiger partial charge in [-0.2, -0.15) is 0 Å². The Morgan fingerprint density at radius 2 is 2.06 bits per heavy atom. The molecule has 1 heterocycles. The van der Waals surface area contributed by atoms with Crippen molar-refractivity contribution in [2.45, 2.75) is 19.8 Å². The largest absolute Gasteiger partial charge is 0.370 e. The maximum Gasteiger partial charge on any atom is 0.217 e. The summed E-state index contributed by atoms with van der Waals surface area (Å²) in [6.45, 7) is 2.06. The van der Waals surface area contributed by atoms with Crippen LogP contribution in [0.25, 0.3) is 11.3 Å². The molecule has 4 heteroatoms. The number of thiazole rings is 1. The van der Waals surface area contributed by atoms with Gasteiger partial charge in [0.1, 0.15) is 0 Å². The van der Waals surface area contributed by atoms with Gasteiger partial charge in [-0.05, 0) is 6.92 Å². The van der Waals surface area contributed by atoms with E-state index in [4.69, 9.17) is 5.73 Å². The van der Waals surface area contributed by atoms with Crippen molar-refractivity contribution in [3.8, 4) is 11.3 Å². The molecule has 0 saturated carbocycles. The molecule has 0 saturated heterocycles. The zero-order valence-corrected chi connectivity index (χ0v) is 10.5. The predicted molar refractivity (Wildman–Crippen MR) is 69.8 cm³/mol. The Labute approximate surface area is 104 Å². The third-order valence-corrected chi connectivity index (χ3v) is 3.39. The molecular weight excluding hydrogens is 232 g/mol. The van der Waals surface area contributed by atoms with E-state index in [0.29, 0.717) is 12.8 Å². The molecule has 0 aliphatic heterocycles. The minimum absolute atomic E-state index is 0.280. The van der Waals surface area contributed by atoms with Gasteiger partial charge in [-0.3, -0.25) is 4.79 Å². The SMILES string of the molecule is Cc1ccc(-c2csc(CCC(N)=O)n2)cc1. The Morgan fingerprint density at radius 1 is 1.35 bits per heavy atom. The Kier molecular flexibility index (Phi) is 3.54. The first-order valence-electron chi connectivity index (χ1n) is 5.45. The molecule has 2 N–H and O–H groups in total. The average molecular weight is 246 g/mol. The summed E-state index contributed by atoms with van der Waals surface area (Å²) < 4.78 is 0. The van der Waals surface area contributed by atoms with E-state index in [9.17, 15) is 4.79 Å². The van der Waals surface area contributed by atoms with E-state index in [2.05, 4.69) is 36.2 Å². The number of aryl methyl sites for hydroxylation is 2. The molecule has 1 aromatic heterocycles. The molecule has 0 fully saturated rings. The molecule has 2 aromatic rings. The van der Waals surface area contributed by atoms with Crippen LogP contribution in [0.4, 0.5) is 0 Å². The van der Waals surface area contributed by atoms with Crippen molar-refractivity contribution in [1.29, 1.82) is 0 Å². The van der Waals surface area contributed by atoms with Crippen LogP contribution in [0, 0.1) is 6.92 Å². The number of primary amides is 1. The van der Waals surface area contributed by atoms with E-state index in [1.54, 1.807) is 11.3 Å². The Morgan fingerprint density at radius 3 is 2.71 bits per heavy atom. The second kappa shape index (κ2) is 5.10. The van der Waals surface area contributed by atoms with Crippen LogP contribution < -0.4 is 5.73 Å². The lowest BCUT2D eigenvalue weighted by Crippen LogP contribution is -2.11. The fraction of sp³-hybridized carbons (Fsp3) is 0.231. The Bertz CT molecular complexity index is 516. The minimum Gasteiger partial charge on any atom is -0.370 e. The van der Waals surface area contributed by atoms with Crippen LogP contribution in [0.1, 0.15) is 17.0 Å². The lowest BCUT2D eigenvalue weighted by Gasteiger charge is -1.97. The van der Waals surface area contributed by atoms with Crippen LogP contribution in [-0.4, -0.2) is 10.9 Å². The first kappa shape index (κ1) is 11.8. The Balaban J connectivity index is 2.12. The summed E-state index contributed by atoms with van der Waals surface area (Å²) in [7, 11) is 0. The average Bonchev–Trinajstić information content (AvgIpc) is 2.76. The maximum atomic E-state index is 10.7. The molecule has 0 radical (unpaired) electrons. The number of hydrogen-bond acceptors (Lipinski definition) is 3. The van der Waals surface area contributed by atoms with E-state index in [1.165, 1.54) is 5.56 Å². The van der Waals surface area contributed by atoms with Crippen molar-refractivity contribution in [3.05, 3.63) is 40.2 Å². The van der Waals surface area contributed by atoms with Crippen LogP contribution in [0.15, 0.2) is 29.6 Å². The quantitative estimate of drug-likeness (QED) is 0.901. The maximum absolute atomic E-state index is 10.7. The van der Waals surface area contributed by atoms with E-state index in [-0.39, 0.29) is 5.91 Å². The van der Waals surface area contributed by atoms with Crippen molar-refractivity contribution in [1.82, 2.24) is 4.98 Å². The third kappa shape index (κ3) is 3.14. The number of nitrogens with two attached hydrogens (primary N) is 1. The summed E-state index contributed by atoms with van der Waals surface area (Å²) in [4.78, 5) is 15.2. The van der Waals surface area contributed by atoms with Gasteiger partial charge in [0.25, 0.3) is 0 Å². The van der Waals surface area contributed by atoms with Crippen molar-refractivity contribution in [2.24, 2.45) is 5.73 Å². The van der Waals surface area contributed by atoms with Crippen molar-refractivity contribution in [2.75, 3.05) is 0 Å². The normalized spacial score (nSPS) is 10.4. The molecule has 0 spiro atoms. The van der Waals surface area contributed by atoms with Gasteiger partial charge in [-0.1, -0.05) is 29.8 Å². The summed E-state index contributed by atoms with van der Waals surface area (Å²) in [5.41, 5.74) is 8.42. The van der Waals surface area contributed by atoms with Crippen molar-refractivity contribution >= 4 is 17.2 Å². The molecule has 3 nitrogen and oxygen atoms in total. The lowest BCUT2D eigenvalue weighted by atomic mass is 10.1. The molecule has 1 aromatic carbocycles. The van der Waals surface area contributed by atoms with Crippen LogP contribution in [0.3, 0.4) is 0 Å². The predicted octanol–water partition coefficient (Wildman–Crippen LogP) is 2.54. The number of carbonyl (C=O) groups excluding carboxylic acids is 1. The highest BCUT2D eigenvalue weighted by Crippen LogP contribution is 2.22. The van der Waals surface area contributed by atoms with Crippen LogP contribution in [-0.2, 0) is 11.2 Å².